The summed E-state index contributed by atoms with van der Waals surface area (Å²) < 4.78 is 36.6. The quantitative estimate of drug-likeness (QED) is 0.875. The van der Waals surface area contributed by atoms with Crippen molar-refractivity contribution in [2.75, 3.05) is 19.6 Å². The Labute approximate surface area is 122 Å². The second-order valence-corrected chi connectivity index (χ2v) is 5.50. The summed E-state index contributed by atoms with van der Waals surface area (Å²) in [4.78, 5) is 2.30. The molecule has 0 saturated carbocycles. The Morgan fingerprint density at radius 3 is 2.38 bits per heavy atom. The van der Waals surface area contributed by atoms with Crippen molar-refractivity contribution in [2.45, 2.75) is 37.7 Å². The number of likely N-dealkylation sites (tertiary alicyclic amines) is 1. The summed E-state index contributed by atoms with van der Waals surface area (Å²) in [5.74, 6) is 0. The summed E-state index contributed by atoms with van der Waals surface area (Å²) >= 11 is 0. The van der Waals surface area contributed by atoms with E-state index in [-0.39, 0.29) is 6.04 Å². The van der Waals surface area contributed by atoms with Crippen LogP contribution >= 0.6 is 0 Å². The highest BCUT2D eigenvalue weighted by atomic mass is 19.4. The lowest BCUT2D eigenvalue weighted by Gasteiger charge is -2.33. The van der Waals surface area contributed by atoms with E-state index in [2.05, 4.69) is 22.3 Å². The van der Waals surface area contributed by atoms with Gasteiger partial charge in [-0.3, -0.25) is 4.90 Å². The number of aliphatic hydroxyl groups is 1. The lowest BCUT2D eigenvalue weighted by molar-refractivity contribution is -0.202. The van der Waals surface area contributed by atoms with E-state index >= 15 is 0 Å². The summed E-state index contributed by atoms with van der Waals surface area (Å²) in [6.45, 7) is 2.16. The van der Waals surface area contributed by atoms with Crippen LogP contribution in [-0.2, 0) is 6.54 Å². The molecule has 1 atom stereocenters. The molecule has 0 aliphatic carbocycles. The maximum absolute atomic E-state index is 12.2. The molecule has 0 radical (unpaired) electrons. The van der Waals surface area contributed by atoms with Crippen molar-refractivity contribution in [3.8, 4) is 0 Å². The second kappa shape index (κ2) is 7.24. The van der Waals surface area contributed by atoms with E-state index in [1.807, 2.05) is 18.2 Å². The predicted molar refractivity (Wildman–Crippen MR) is 74.8 cm³/mol. The van der Waals surface area contributed by atoms with Crippen LogP contribution in [-0.4, -0.2) is 48.0 Å². The summed E-state index contributed by atoms with van der Waals surface area (Å²) in [6, 6.07) is 10.2. The van der Waals surface area contributed by atoms with Gasteiger partial charge in [-0.25, -0.2) is 0 Å². The Balaban J connectivity index is 1.69. The number of alkyl halides is 3. The fourth-order valence-corrected chi connectivity index (χ4v) is 2.53. The Kier molecular flexibility index (Phi) is 5.61. The molecule has 1 heterocycles. The van der Waals surface area contributed by atoms with Gasteiger partial charge in [-0.1, -0.05) is 30.3 Å². The predicted octanol–water partition coefficient (Wildman–Crippen LogP) is 2.16. The Hall–Kier alpha value is -1.11. The summed E-state index contributed by atoms with van der Waals surface area (Å²) in [7, 11) is 0. The van der Waals surface area contributed by atoms with E-state index in [1.54, 1.807) is 0 Å². The summed E-state index contributed by atoms with van der Waals surface area (Å²) in [5, 5.41) is 11.8. The molecule has 2 N–H and O–H groups in total. The van der Waals surface area contributed by atoms with Gasteiger partial charge >= 0.3 is 6.18 Å². The van der Waals surface area contributed by atoms with Gasteiger partial charge in [0.1, 0.15) is 0 Å². The third-order valence-electron chi connectivity index (χ3n) is 3.81. The van der Waals surface area contributed by atoms with E-state index in [4.69, 9.17) is 5.11 Å². The highest BCUT2D eigenvalue weighted by molar-refractivity contribution is 5.14. The van der Waals surface area contributed by atoms with Crippen LogP contribution in [0, 0.1) is 0 Å². The van der Waals surface area contributed by atoms with Gasteiger partial charge in [0, 0.05) is 19.1 Å². The maximum atomic E-state index is 12.2. The van der Waals surface area contributed by atoms with E-state index in [9.17, 15) is 13.2 Å². The number of rotatable bonds is 5. The first-order chi connectivity index (χ1) is 9.95. The normalized spacial score (nSPS) is 19.6. The van der Waals surface area contributed by atoms with Gasteiger partial charge in [0.2, 0.25) is 0 Å². The van der Waals surface area contributed by atoms with Crippen molar-refractivity contribution in [1.82, 2.24) is 10.2 Å². The molecule has 0 spiro atoms. The number of benzene rings is 1. The molecule has 0 aromatic heterocycles. The molecule has 1 saturated heterocycles. The SMILES string of the molecule is O[C@H](CNC1CCN(Cc2ccccc2)CC1)C(F)(F)F. The van der Waals surface area contributed by atoms with Gasteiger partial charge in [-0.05, 0) is 31.5 Å². The molecule has 0 unspecified atom stereocenters. The average molecular weight is 302 g/mol. The molecule has 0 amide bonds. The first kappa shape index (κ1) is 16.3. The largest absolute Gasteiger partial charge is 0.415 e. The molecule has 21 heavy (non-hydrogen) atoms. The van der Waals surface area contributed by atoms with Crippen LogP contribution in [0.2, 0.25) is 0 Å². The lowest BCUT2D eigenvalue weighted by atomic mass is 10.0. The molecular weight excluding hydrogens is 281 g/mol. The molecule has 6 heteroatoms. The van der Waals surface area contributed by atoms with Crippen molar-refractivity contribution in [3.63, 3.8) is 0 Å². The third-order valence-corrected chi connectivity index (χ3v) is 3.81. The number of hydrogen-bond donors (Lipinski definition) is 2. The standard InChI is InChI=1S/C15H21F3N2O/c16-15(17,18)14(21)10-19-13-6-8-20(9-7-13)11-12-4-2-1-3-5-12/h1-5,13-14,19,21H,6-11H2/t14-/m1/s1. The minimum atomic E-state index is -4.54. The number of hydrogen-bond acceptors (Lipinski definition) is 3. The van der Waals surface area contributed by atoms with Crippen molar-refractivity contribution < 1.29 is 18.3 Å². The van der Waals surface area contributed by atoms with Crippen molar-refractivity contribution >= 4 is 0 Å². The van der Waals surface area contributed by atoms with E-state index in [1.165, 1.54) is 5.56 Å². The van der Waals surface area contributed by atoms with Gasteiger partial charge in [0.25, 0.3) is 0 Å². The number of nitrogens with zero attached hydrogens (tertiary/aromatic N) is 1. The number of halogens is 3. The molecule has 3 nitrogen and oxygen atoms in total. The van der Waals surface area contributed by atoms with Crippen LogP contribution < -0.4 is 5.32 Å². The molecule has 1 aromatic carbocycles. The van der Waals surface area contributed by atoms with Gasteiger partial charge in [-0.2, -0.15) is 13.2 Å². The van der Waals surface area contributed by atoms with Crippen LogP contribution in [0.15, 0.2) is 30.3 Å². The zero-order valence-corrected chi connectivity index (χ0v) is 11.8. The first-order valence-electron chi connectivity index (χ1n) is 7.19. The van der Waals surface area contributed by atoms with Crippen LogP contribution in [0.25, 0.3) is 0 Å². The topological polar surface area (TPSA) is 35.5 Å². The number of piperidine rings is 1. The van der Waals surface area contributed by atoms with Crippen LogP contribution in [0.5, 0.6) is 0 Å². The monoisotopic (exact) mass is 302 g/mol. The highest BCUT2D eigenvalue weighted by Crippen LogP contribution is 2.20. The molecule has 118 valence electrons. The average Bonchev–Trinajstić information content (AvgIpc) is 2.46. The molecule has 0 bridgehead atoms. The van der Waals surface area contributed by atoms with E-state index in [0.717, 1.165) is 32.5 Å². The minimum absolute atomic E-state index is 0.0500. The fraction of sp³-hybridized carbons (Fsp3) is 0.600. The zero-order chi connectivity index (χ0) is 15.3. The Morgan fingerprint density at radius 2 is 1.81 bits per heavy atom. The summed E-state index contributed by atoms with van der Waals surface area (Å²) in [6.07, 6.45) is -5.21. The van der Waals surface area contributed by atoms with Gasteiger partial charge < -0.3 is 10.4 Å². The zero-order valence-electron chi connectivity index (χ0n) is 11.8. The van der Waals surface area contributed by atoms with E-state index < -0.39 is 18.8 Å². The fourth-order valence-electron chi connectivity index (χ4n) is 2.53. The maximum Gasteiger partial charge on any atom is 0.415 e. The smallest absolute Gasteiger partial charge is 0.382 e. The van der Waals surface area contributed by atoms with Gasteiger partial charge in [-0.15, -0.1) is 0 Å². The number of aliphatic hydroxyl groups excluding tert-OH is 1. The lowest BCUT2D eigenvalue weighted by Crippen LogP contribution is -2.47. The van der Waals surface area contributed by atoms with Crippen LogP contribution in [0.3, 0.4) is 0 Å². The first-order valence-corrected chi connectivity index (χ1v) is 7.19. The number of nitrogens with one attached hydrogen (secondary N) is 1. The molecular formula is C15H21F3N2O. The van der Waals surface area contributed by atoms with Crippen molar-refractivity contribution in [1.29, 1.82) is 0 Å². The summed E-state index contributed by atoms with van der Waals surface area (Å²) in [5.41, 5.74) is 1.25. The van der Waals surface area contributed by atoms with Crippen molar-refractivity contribution in [3.05, 3.63) is 35.9 Å². The van der Waals surface area contributed by atoms with Gasteiger partial charge in [0.05, 0.1) is 0 Å². The molecule has 1 fully saturated rings. The highest BCUT2D eigenvalue weighted by Gasteiger charge is 2.38. The second-order valence-electron chi connectivity index (χ2n) is 5.50. The minimum Gasteiger partial charge on any atom is -0.382 e. The Bertz CT molecular complexity index is 417. The van der Waals surface area contributed by atoms with Gasteiger partial charge in [0.15, 0.2) is 6.10 Å². The van der Waals surface area contributed by atoms with Crippen LogP contribution in [0.4, 0.5) is 13.2 Å². The molecule has 1 aliphatic heterocycles. The molecule has 1 aromatic rings. The van der Waals surface area contributed by atoms with Crippen LogP contribution in [0.1, 0.15) is 18.4 Å². The van der Waals surface area contributed by atoms with E-state index in [0.29, 0.717) is 0 Å². The third kappa shape index (κ3) is 5.30. The molecule has 1 aliphatic rings. The molecule has 2 rings (SSSR count). The Morgan fingerprint density at radius 1 is 1.19 bits per heavy atom. The van der Waals surface area contributed by atoms with Crippen molar-refractivity contribution in [2.24, 2.45) is 0 Å².